The van der Waals surface area contributed by atoms with Gasteiger partial charge in [0.25, 0.3) is 0 Å². The van der Waals surface area contributed by atoms with Crippen molar-refractivity contribution in [1.82, 2.24) is 0 Å². The standard InChI is InChI=1S/C13H19Si/c1-4-10(2)12-6-5-7-13(8-12)11(3)9-14/h5-8,10-11H,4,9H2,1-3H3. The molecule has 0 fully saturated rings. The Morgan fingerprint density at radius 2 is 1.71 bits per heavy atom. The summed E-state index contributed by atoms with van der Waals surface area (Å²) in [4.78, 5) is 0. The van der Waals surface area contributed by atoms with Gasteiger partial charge in [-0.25, -0.2) is 0 Å². The highest BCUT2D eigenvalue weighted by molar-refractivity contribution is 6.09. The molecule has 1 aromatic carbocycles. The van der Waals surface area contributed by atoms with E-state index in [9.17, 15) is 0 Å². The quantitative estimate of drug-likeness (QED) is 0.651. The van der Waals surface area contributed by atoms with Gasteiger partial charge in [-0.1, -0.05) is 51.1 Å². The predicted molar refractivity (Wildman–Crippen MR) is 64.1 cm³/mol. The molecule has 2 unspecified atom stereocenters. The van der Waals surface area contributed by atoms with Gasteiger partial charge in [0.1, 0.15) is 0 Å². The highest BCUT2D eigenvalue weighted by atomic mass is 28.1. The topological polar surface area (TPSA) is 0 Å². The van der Waals surface area contributed by atoms with Gasteiger partial charge in [0.2, 0.25) is 0 Å². The Morgan fingerprint density at radius 3 is 2.21 bits per heavy atom. The molecule has 0 heterocycles. The number of hydrogen-bond acceptors (Lipinski definition) is 0. The minimum Gasteiger partial charge on any atom is -0.0648 e. The van der Waals surface area contributed by atoms with Gasteiger partial charge in [0, 0.05) is 10.2 Å². The van der Waals surface area contributed by atoms with Crippen LogP contribution in [0.2, 0.25) is 6.04 Å². The fourth-order valence-corrected chi connectivity index (χ4v) is 1.76. The summed E-state index contributed by atoms with van der Waals surface area (Å²) in [5.74, 6) is 1.28. The van der Waals surface area contributed by atoms with Crippen molar-refractivity contribution >= 4 is 10.2 Å². The third kappa shape index (κ3) is 2.71. The maximum absolute atomic E-state index is 3.58. The summed E-state index contributed by atoms with van der Waals surface area (Å²) in [7, 11) is 3.58. The molecule has 0 aliphatic rings. The van der Waals surface area contributed by atoms with Crippen LogP contribution in [0.5, 0.6) is 0 Å². The summed E-state index contributed by atoms with van der Waals surface area (Å²) in [6, 6.07) is 10.0. The van der Waals surface area contributed by atoms with E-state index in [1.54, 1.807) is 0 Å². The van der Waals surface area contributed by atoms with Crippen molar-refractivity contribution in [3.63, 3.8) is 0 Å². The van der Waals surface area contributed by atoms with E-state index in [1.165, 1.54) is 17.5 Å². The van der Waals surface area contributed by atoms with Crippen LogP contribution in [0.15, 0.2) is 24.3 Å². The van der Waals surface area contributed by atoms with Crippen molar-refractivity contribution in [3.05, 3.63) is 35.4 Å². The Bertz CT molecular complexity index is 255. The van der Waals surface area contributed by atoms with E-state index in [-0.39, 0.29) is 0 Å². The predicted octanol–water partition coefficient (Wildman–Crippen LogP) is 3.89. The van der Waals surface area contributed by atoms with Gasteiger partial charge >= 0.3 is 0 Å². The van der Waals surface area contributed by atoms with Crippen LogP contribution >= 0.6 is 0 Å². The first-order valence-electron chi connectivity index (χ1n) is 5.43. The van der Waals surface area contributed by atoms with Gasteiger partial charge < -0.3 is 0 Å². The zero-order valence-corrected chi connectivity index (χ0v) is 10.4. The molecule has 0 amide bonds. The van der Waals surface area contributed by atoms with E-state index >= 15 is 0 Å². The van der Waals surface area contributed by atoms with Gasteiger partial charge in [0.15, 0.2) is 0 Å². The zero-order chi connectivity index (χ0) is 10.6. The smallest absolute Gasteiger partial charge is 0.0228 e. The molecule has 0 bridgehead atoms. The molecule has 1 rings (SSSR count). The van der Waals surface area contributed by atoms with Gasteiger partial charge in [-0.3, -0.25) is 0 Å². The summed E-state index contributed by atoms with van der Waals surface area (Å²) < 4.78 is 0. The fourth-order valence-electron chi connectivity index (χ4n) is 1.53. The third-order valence-corrected chi connectivity index (χ3v) is 3.58. The summed E-state index contributed by atoms with van der Waals surface area (Å²) in [5, 5.41) is 0. The second-order valence-electron chi connectivity index (χ2n) is 4.08. The molecule has 1 aromatic rings. The number of hydrogen-bond donors (Lipinski definition) is 0. The molecule has 75 valence electrons. The van der Waals surface area contributed by atoms with Crippen molar-refractivity contribution in [2.45, 2.75) is 45.1 Å². The Kier molecular flexibility index (Phi) is 4.40. The van der Waals surface area contributed by atoms with Crippen molar-refractivity contribution in [2.24, 2.45) is 0 Å². The van der Waals surface area contributed by atoms with Crippen LogP contribution in [0.25, 0.3) is 0 Å². The van der Waals surface area contributed by atoms with E-state index in [0.717, 1.165) is 6.04 Å². The lowest BCUT2D eigenvalue weighted by Crippen LogP contribution is -1.96. The number of benzene rings is 1. The van der Waals surface area contributed by atoms with E-state index in [2.05, 4.69) is 55.3 Å². The van der Waals surface area contributed by atoms with Crippen LogP contribution in [-0.4, -0.2) is 10.2 Å². The Morgan fingerprint density at radius 1 is 1.14 bits per heavy atom. The molecule has 14 heavy (non-hydrogen) atoms. The molecule has 0 aliphatic heterocycles. The fraction of sp³-hybridized carbons (Fsp3) is 0.538. The van der Waals surface area contributed by atoms with E-state index in [0.29, 0.717) is 11.8 Å². The first-order chi connectivity index (χ1) is 6.69. The van der Waals surface area contributed by atoms with Crippen LogP contribution < -0.4 is 0 Å². The maximum atomic E-state index is 3.58. The van der Waals surface area contributed by atoms with Crippen LogP contribution in [0, 0.1) is 0 Å². The molecule has 0 aromatic heterocycles. The van der Waals surface area contributed by atoms with Gasteiger partial charge in [0.05, 0.1) is 0 Å². The average molecular weight is 203 g/mol. The second-order valence-corrected chi connectivity index (χ2v) is 4.49. The summed E-state index contributed by atoms with van der Waals surface area (Å²) in [6.45, 7) is 6.78. The first-order valence-corrected chi connectivity index (χ1v) is 6.14. The average Bonchev–Trinajstić information content (AvgIpc) is 2.27. The minimum absolute atomic E-state index is 0.607. The van der Waals surface area contributed by atoms with Gasteiger partial charge in [-0.15, -0.1) is 0 Å². The first kappa shape index (κ1) is 11.5. The molecule has 0 N–H and O–H groups in total. The minimum atomic E-state index is 0.607. The normalized spacial score (nSPS) is 15.1. The van der Waals surface area contributed by atoms with Crippen LogP contribution in [0.4, 0.5) is 0 Å². The molecular weight excluding hydrogens is 184 g/mol. The molecule has 0 aliphatic carbocycles. The van der Waals surface area contributed by atoms with Crippen molar-refractivity contribution < 1.29 is 0 Å². The molecular formula is C13H19Si. The summed E-state index contributed by atoms with van der Waals surface area (Å²) >= 11 is 0. The number of rotatable bonds is 4. The zero-order valence-electron chi connectivity index (χ0n) is 9.38. The highest BCUT2D eigenvalue weighted by Gasteiger charge is 2.06. The third-order valence-electron chi connectivity index (χ3n) is 2.97. The van der Waals surface area contributed by atoms with E-state index in [1.807, 2.05) is 0 Å². The largest absolute Gasteiger partial charge is 0.0648 e. The Hall–Kier alpha value is -0.563. The lowest BCUT2D eigenvalue weighted by molar-refractivity contribution is 0.729. The molecule has 0 nitrogen and oxygen atoms in total. The van der Waals surface area contributed by atoms with E-state index < -0.39 is 0 Å². The van der Waals surface area contributed by atoms with E-state index in [4.69, 9.17) is 0 Å². The van der Waals surface area contributed by atoms with Crippen LogP contribution in [-0.2, 0) is 0 Å². The Labute approximate surface area is 91.2 Å². The Balaban J connectivity index is 2.89. The van der Waals surface area contributed by atoms with Crippen LogP contribution in [0.1, 0.15) is 50.2 Å². The van der Waals surface area contributed by atoms with Crippen molar-refractivity contribution in [2.75, 3.05) is 0 Å². The molecule has 1 heteroatoms. The lowest BCUT2D eigenvalue weighted by Gasteiger charge is -2.14. The molecule has 0 saturated heterocycles. The summed E-state index contributed by atoms with van der Waals surface area (Å²) in [5.41, 5.74) is 2.91. The highest BCUT2D eigenvalue weighted by Crippen LogP contribution is 2.24. The molecule has 0 spiro atoms. The maximum Gasteiger partial charge on any atom is 0.0228 e. The second kappa shape index (κ2) is 5.35. The van der Waals surface area contributed by atoms with Crippen LogP contribution in [0.3, 0.4) is 0 Å². The van der Waals surface area contributed by atoms with Crippen molar-refractivity contribution in [1.29, 1.82) is 0 Å². The molecule has 3 radical (unpaired) electrons. The molecule has 2 atom stereocenters. The SMILES string of the molecule is CCC(C)c1cccc(C(C)C[Si])c1. The monoisotopic (exact) mass is 203 g/mol. The van der Waals surface area contributed by atoms with Gasteiger partial charge in [-0.2, -0.15) is 0 Å². The van der Waals surface area contributed by atoms with Gasteiger partial charge in [-0.05, 0) is 29.4 Å². The summed E-state index contributed by atoms with van der Waals surface area (Å²) in [6.07, 6.45) is 1.21. The lowest BCUT2D eigenvalue weighted by atomic mass is 9.93. The molecule has 0 saturated carbocycles. The van der Waals surface area contributed by atoms with Crippen molar-refractivity contribution in [3.8, 4) is 0 Å².